The minimum atomic E-state index is 0.532. The maximum Gasteiger partial charge on any atom is 0.0767 e. The lowest BCUT2D eigenvalue weighted by Crippen LogP contribution is -2.43. The van der Waals surface area contributed by atoms with Crippen LogP contribution >= 0.6 is 15.9 Å². The molecular formula is C12H12BrN3. The first-order chi connectivity index (χ1) is 7.83. The molecule has 3 rings (SSSR count). The number of rotatable bonds is 2. The monoisotopic (exact) mass is 277 g/mol. The van der Waals surface area contributed by atoms with E-state index in [1.807, 2.05) is 10.9 Å². The van der Waals surface area contributed by atoms with E-state index >= 15 is 0 Å². The number of aromatic nitrogens is 2. The van der Waals surface area contributed by atoms with E-state index in [4.69, 9.17) is 0 Å². The topological polar surface area (TPSA) is 29.9 Å². The van der Waals surface area contributed by atoms with Crippen molar-refractivity contribution < 1.29 is 0 Å². The summed E-state index contributed by atoms with van der Waals surface area (Å²) < 4.78 is 3.15. The van der Waals surface area contributed by atoms with Crippen LogP contribution in [0.5, 0.6) is 0 Å². The predicted octanol–water partition coefficient (Wildman–Crippen LogP) is 2.46. The Morgan fingerprint density at radius 3 is 2.56 bits per heavy atom. The van der Waals surface area contributed by atoms with Crippen LogP contribution in [0.3, 0.4) is 0 Å². The number of nitrogens with one attached hydrogen (secondary N) is 1. The van der Waals surface area contributed by atoms with Gasteiger partial charge in [0.1, 0.15) is 0 Å². The standard InChI is InChI=1S/C12H12BrN3/c13-11-3-1-9(2-4-11)10-5-15-16(8-10)12-6-14-7-12/h1-5,8,12,14H,6-7H2. The van der Waals surface area contributed by atoms with E-state index in [0.717, 1.165) is 17.6 Å². The Hall–Kier alpha value is -1.13. The number of hydrogen-bond donors (Lipinski definition) is 1. The molecule has 0 atom stereocenters. The molecule has 1 N–H and O–H groups in total. The largest absolute Gasteiger partial charge is 0.312 e. The molecule has 0 amide bonds. The molecule has 3 nitrogen and oxygen atoms in total. The summed E-state index contributed by atoms with van der Waals surface area (Å²) in [6.07, 6.45) is 4.05. The van der Waals surface area contributed by atoms with Gasteiger partial charge in [-0.05, 0) is 17.7 Å². The van der Waals surface area contributed by atoms with Crippen LogP contribution in [0.4, 0.5) is 0 Å². The fourth-order valence-corrected chi connectivity index (χ4v) is 2.05. The van der Waals surface area contributed by atoms with Gasteiger partial charge in [0.15, 0.2) is 0 Å². The molecule has 4 heteroatoms. The van der Waals surface area contributed by atoms with Gasteiger partial charge < -0.3 is 5.32 Å². The highest BCUT2D eigenvalue weighted by Gasteiger charge is 2.19. The third-order valence-electron chi connectivity index (χ3n) is 2.91. The molecule has 0 saturated carbocycles. The van der Waals surface area contributed by atoms with Gasteiger partial charge >= 0.3 is 0 Å². The van der Waals surface area contributed by atoms with Crippen molar-refractivity contribution in [3.05, 3.63) is 41.1 Å². The maximum atomic E-state index is 4.40. The smallest absolute Gasteiger partial charge is 0.0767 e. The highest BCUT2D eigenvalue weighted by molar-refractivity contribution is 9.10. The molecule has 1 saturated heterocycles. The summed E-state index contributed by atoms with van der Waals surface area (Å²) in [7, 11) is 0. The summed E-state index contributed by atoms with van der Waals surface area (Å²) in [5.74, 6) is 0. The fraction of sp³-hybridized carbons (Fsp3) is 0.250. The SMILES string of the molecule is Brc1ccc(-c2cnn(C3CNC3)c2)cc1. The maximum absolute atomic E-state index is 4.40. The highest BCUT2D eigenvalue weighted by atomic mass is 79.9. The third kappa shape index (κ3) is 1.79. The van der Waals surface area contributed by atoms with E-state index in [2.05, 4.69) is 56.8 Å². The Bertz CT molecular complexity index is 485. The number of halogens is 1. The van der Waals surface area contributed by atoms with Crippen molar-refractivity contribution in [3.8, 4) is 11.1 Å². The zero-order valence-electron chi connectivity index (χ0n) is 8.73. The van der Waals surface area contributed by atoms with E-state index in [0.29, 0.717) is 6.04 Å². The lowest BCUT2D eigenvalue weighted by atomic mass is 10.1. The summed E-state index contributed by atoms with van der Waals surface area (Å²) in [4.78, 5) is 0. The Kier molecular flexibility index (Phi) is 2.53. The zero-order chi connectivity index (χ0) is 11.0. The quantitative estimate of drug-likeness (QED) is 0.914. The molecule has 1 fully saturated rings. The average molecular weight is 278 g/mol. The second-order valence-corrected chi connectivity index (χ2v) is 4.94. The van der Waals surface area contributed by atoms with Crippen LogP contribution in [0.1, 0.15) is 6.04 Å². The van der Waals surface area contributed by atoms with Crippen LogP contribution in [-0.2, 0) is 0 Å². The third-order valence-corrected chi connectivity index (χ3v) is 3.44. The Labute approximate surface area is 103 Å². The molecule has 0 radical (unpaired) electrons. The Morgan fingerprint density at radius 1 is 1.19 bits per heavy atom. The van der Waals surface area contributed by atoms with Gasteiger partial charge in [0.2, 0.25) is 0 Å². The van der Waals surface area contributed by atoms with E-state index in [9.17, 15) is 0 Å². The normalized spacial score (nSPS) is 16.1. The first-order valence-electron chi connectivity index (χ1n) is 5.34. The molecular weight excluding hydrogens is 266 g/mol. The number of hydrogen-bond acceptors (Lipinski definition) is 2. The van der Waals surface area contributed by atoms with Gasteiger partial charge in [-0.15, -0.1) is 0 Å². The van der Waals surface area contributed by atoms with Gasteiger partial charge in [-0.2, -0.15) is 5.10 Å². The molecule has 0 bridgehead atoms. The zero-order valence-corrected chi connectivity index (χ0v) is 10.3. The first-order valence-corrected chi connectivity index (χ1v) is 6.13. The van der Waals surface area contributed by atoms with Crippen molar-refractivity contribution in [3.63, 3.8) is 0 Å². The van der Waals surface area contributed by atoms with Crippen LogP contribution in [-0.4, -0.2) is 22.9 Å². The van der Waals surface area contributed by atoms with Crippen molar-refractivity contribution in [1.29, 1.82) is 0 Å². The molecule has 0 unspecified atom stereocenters. The van der Waals surface area contributed by atoms with Crippen LogP contribution in [0.15, 0.2) is 41.1 Å². The molecule has 0 aliphatic carbocycles. The summed E-state index contributed by atoms with van der Waals surface area (Å²) in [5, 5.41) is 7.65. The van der Waals surface area contributed by atoms with Gasteiger partial charge in [-0.1, -0.05) is 28.1 Å². The van der Waals surface area contributed by atoms with Crippen molar-refractivity contribution in [2.75, 3.05) is 13.1 Å². The second kappa shape index (κ2) is 4.03. The fourth-order valence-electron chi connectivity index (χ4n) is 1.79. The molecule has 1 aliphatic rings. The summed E-state index contributed by atoms with van der Waals surface area (Å²) in [5.41, 5.74) is 2.39. The summed E-state index contributed by atoms with van der Waals surface area (Å²) in [6.45, 7) is 2.06. The Balaban J connectivity index is 1.88. The molecule has 2 heterocycles. The van der Waals surface area contributed by atoms with Crippen LogP contribution in [0.2, 0.25) is 0 Å². The molecule has 2 aromatic rings. The lowest BCUT2D eigenvalue weighted by molar-refractivity contribution is 0.318. The van der Waals surface area contributed by atoms with Crippen molar-refractivity contribution in [2.24, 2.45) is 0 Å². The van der Waals surface area contributed by atoms with E-state index < -0.39 is 0 Å². The lowest BCUT2D eigenvalue weighted by Gasteiger charge is -2.27. The molecule has 0 spiro atoms. The van der Waals surface area contributed by atoms with Gasteiger partial charge in [-0.3, -0.25) is 4.68 Å². The summed E-state index contributed by atoms with van der Waals surface area (Å²) in [6, 6.07) is 8.84. The van der Waals surface area contributed by atoms with Crippen molar-refractivity contribution in [1.82, 2.24) is 15.1 Å². The van der Waals surface area contributed by atoms with Crippen molar-refractivity contribution >= 4 is 15.9 Å². The van der Waals surface area contributed by atoms with Crippen LogP contribution in [0.25, 0.3) is 11.1 Å². The summed E-state index contributed by atoms with van der Waals surface area (Å²) >= 11 is 3.44. The van der Waals surface area contributed by atoms with Gasteiger partial charge in [0.25, 0.3) is 0 Å². The molecule has 16 heavy (non-hydrogen) atoms. The van der Waals surface area contributed by atoms with Gasteiger partial charge in [0, 0.05) is 29.3 Å². The van der Waals surface area contributed by atoms with E-state index in [-0.39, 0.29) is 0 Å². The first kappa shape index (κ1) is 10.1. The van der Waals surface area contributed by atoms with Crippen molar-refractivity contribution in [2.45, 2.75) is 6.04 Å². The minimum absolute atomic E-state index is 0.532. The Morgan fingerprint density at radius 2 is 1.94 bits per heavy atom. The van der Waals surface area contributed by atoms with E-state index in [1.54, 1.807) is 0 Å². The molecule has 1 aromatic heterocycles. The second-order valence-electron chi connectivity index (χ2n) is 4.03. The van der Waals surface area contributed by atoms with E-state index in [1.165, 1.54) is 11.1 Å². The molecule has 82 valence electrons. The number of benzene rings is 1. The molecule has 1 aliphatic heterocycles. The highest BCUT2D eigenvalue weighted by Crippen LogP contribution is 2.22. The minimum Gasteiger partial charge on any atom is -0.312 e. The van der Waals surface area contributed by atoms with Gasteiger partial charge in [0.05, 0.1) is 12.2 Å². The average Bonchev–Trinajstić information content (AvgIpc) is 2.65. The van der Waals surface area contributed by atoms with Gasteiger partial charge in [-0.25, -0.2) is 0 Å². The predicted molar refractivity (Wildman–Crippen MR) is 67.3 cm³/mol. The molecule has 1 aromatic carbocycles. The number of nitrogens with zero attached hydrogens (tertiary/aromatic N) is 2. The van der Waals surface area contributed by atoms with Crippen LogP contribution < -0.4 is 5.32 Å². The van der Waals surface area contributed by atoms with Crippen LogP contribution in [0, 0.1) is 0 Å².